The minimum atomic E-state index is -4.41. The molecule has 90 valence electrons. The van der Waals surface area contributed by atoms with Gasteiger partial charge in [-0.2, -0.15) is 13.2 Å². The molecule has 0 bridgehead atoms. The lowest BCUT2D eigenvalue weighted by molar-refractivity contribution is -0.141. The summed E-state index contributed by atoms with van der Waals surface area (Å²) in [6.45, 7) is 0. The number of halogens is 3. The number of fused-ring (bicyclic) bond motifs is 1. The van der Waals surface area contributed by atoms with Crippen LogP contribution in [0.15, 0.2) is 12.3 Å². The number of rotatable bonds is 2. The maximum Gasteiger partial charge on any atom is 0.433 e. The molecule has 3 nitrogen and oxygen atoms in total. The zero-order valence-corrected chi connectivity index (χ0v) is 8.88. The molecule has 0 aromatic carbocycles. The molecule has 0 aliphatic heterocycles. The van der Waals surface area contributed by atoms with E-state index in [1.807, 2.05) is 0 Å². The van der Waals surface area contributed by atoms with Crippen LogP contribution in [0, 0.1) is 5.92 Å². The molecule has 17 heavy (non-hydrogen) atoms. The van der Waals surface area contributed by atoms with Gasteiger partial charge in [-0.05, 0) is 24.8 Å². The van der Waals surface area contributed by atoms with Gasteiger partial charge in [-0.3, -0.25) is 0 Å². The summed E-state index contributed by atoms with van der Waals surface area (Å²) in [6.07, 6.45) is -0.0342. The Balaban J connectivity index is 1.97. The van der Waals surface area contributed by atoms with Gasteiger partial charge in [0.25, 0.3) is 0 Å². The van der Waals surface area contributed by atoms with Crippen LogP contribution in [0.1, 0.15) is 24.4 Å². The van der Waals surface area contributed by atoms with E-state index in [0.717, 1.165) is 18.3 Å². The van der Waals surface area contributed by atoms with Crippen molar-refractivity contribution in [2.24, 2.45) is 5.92 Å². The second kappa shape index (κ2) is 3.45. The highest BCUT2D eigenvalue weighted by Crippen LogP contribution is 2.33. The number of alkyl halides is 3. The summed E-state index contributed by atoms with van der Waals surface area (Å²) in [6, 6.07) is 0.988. The van der Waals surface area contributed by atoms with Crippen molar-refractivity contribution in [3.63, 3.8) is 0 Å². The molecule has 0 saturated heterocycles. The smallest absolute Gasteiger partial charge is 0.341 e. The average Bonchev–Trinajstić information content (AvgIpc) is 2.95. The van der Waals surface area contributed by atoms with E-state index in [4.69, 9.17) is 0 Å². The lowest BCUT2D eigenvalue weighted by Gasteiger charge is -2.03. The Labute approximate surface area is 95.1 Å². The SMILES string of the molecule is FC(F)(F)c1cc2nc(CC3CC3)[nH]c2cn1. The summed E-state index contributed by atoms with van der Waals surface area (Å²) in [5, 5.41) is 0. The molecular formula is C11H10F3N3. The molecule has 0 spiro atoms. The fraction of sp³-hybridized carbons (Fsp3) is 0.455. The Morgan fingerprint density at radius 3 is 2.76 bits per heavy atom. The van der Waals surface area contributed by atoms with Crippen LogP contribution in [-0.4, -0.2) is 15.0 Å². The van der Waals surface area contributed by atoms with Gasteiger partial charge in [0.05, 0.1) is 17.2 Å². The van der Waals surface area contributed by atoms with Crippen molar-refractivity contribution < 1.29 is 13.2 Å². The van der Waals surface area contributed by atoms with Gasteiger partial charge < -0.3 is 4.98 Å². The van der Waals surface area contributed by atoms with Crippen LogP contribution in [0.5, 0.6) is 0 Å². The molecule has 2 heterocycles. The fourth-order valence-corrected chi connectivity index (χ4v) is 1.81. The molecule has 1 fully saturated rings. The van der Waals surface area contributed by atoms with E-state index in [2.05, 4.69) is 15.0 Å². The predicted molar refractivity (Wildman–Crippen MR) is 55.3 cm³/mol. The van der Waals surface area contributed by atoms with Crippen molar-refractivity contribution >= 4 is 11.0 Å². The molecule has 3 rings (SSSR count). The van der Waals surface area contributed by atoms with Gasteiger partial charge in [-0.1, -0.05) is 0 Å². The number of imidazole rings is 1. The summed E-state index contributed by atoms with van der Waals surface area (Å²) in [5.41, 5.74) is 0.00565. The van der Waals surface area contributed by atoms with Crippen LogP contribution >= 0.6 is 0 Å². The first-order chi connectivity index (χ1) is 8.02. The molecule has 2 aromatic heterocycles. The monoisotopic (exact) mass is 241 g/mol. The molecule has 0 atom stereocenters. The number of H-pyrrole nitrogens is 1. The lowest BCUT2D eigenvalue weighted by atomic mass is 10.3. The van der Waals surface area contributed by atoms with Crippen LogP contribution in [0.3, 0.4) is 0 Å². The standard InChI is InChI=1S/C11H10F3N3/c12-11(13,14)9-4-7-8(5-15-9)17-10(16-7)3-6-1-2-6/h4-6H,1-3H2,(H,16,17). The molecule has 6 heteroatoms. The third-order valence-electron chi connectivity index (χ3n) is 2.89. The largest absolute Gasteiger partial charge is 0.433 e. The molecule has 1 aliphatic carbocycles. The van der Waals surface area contributed by atoms with Gasteiger partial charge in [-0.25, -0.2) is 9.97 Å². The van der Waals surface area contributed by atoms with E-state index in [-0.39, 0.29) is 0 Å². The van der Waals surface area contributed by atoms with Gasteiger partial charge in [0.1, 0.15) is 11.5 Å². The van der Waals surface area contributed by atoms with Crippen molar-refractivity contribution in [1.82, 2.24) is 15.0 Å². The normalized spacial score (nSPS) is 16.6. The maximum atomic E-state index is 12.4. The highest BCUT2D eigenvalue weighted by molar-refractivity contribution is 5.74. The predicted octanol–water partition coefficient (Wildman–Crippen LogP) is 2.93. The third kappa shape index (κ3) is 2.11. The van der Waals surface area contributed by atoms with Gasteiger partial charge >= 0.3 is 6.18 Å². The Morgan fingerprint density at radius 1 is 1.35 bits per heavy atom. The number of aromatic amines is 1. The number of hydrogen-bond acceptors (Lipinski definition) is 2. The molecule has 0 amide bonds. The zero-order chi connectivity index (χ0) is 12.0. The van der Waals surface area contributed by atoms with Crippen molar-refractivity contribution in [2.45, 2.75) is 25.4 Å². The fourth-order valence-electron chi connectivity index (χ4n) is 1.81. The van der Waals surface area contributed by atoms with Gasteiger partial charge in [0.2, 0.25) is 0 Å². The van der Waals surface area contributed by atoms with Gasteiger partial charge in [0.15, 0.2) is 0 Å². The minimum absolute atomic E-state index is 0.336. The van der Waals surface area contributed by atoms with Crippen molar-refractivity contribution in [1.29, 1.82) is 0 Å². The Bertz CT molecular complexity index is 555. The molecule has 1 saturated carbocycles. The molecule has 1 N–H and O–H groups in total. The van der Waals surface area contributed by atoms with Crippen molar-refractivity contribution in [2.75, 3.05) is 0 Å². The van der Waals surface area contributed by atoms with Gasteiger partial charge in [-0.15, -0.1) is 0 Å². The summed E-state index contributed by atoms with van der Waals surface area (Å²) in [7, 11) is 0. The first-order valence-electron chi connectivity index (χ1n) is 5.44. The molecule has 2 aromatic rings. The van der Waals surface area contributed by atoms with Crippen LogP contribution < -0.4 is 0 Å². The van der Waals surface area contributed by atoms with E-state index in [1.54, 1.807) is 0 Å². The average molecular weight is 241 g/mol. The Kier molecular flexibility index (Phi) is 2.14. The number of hydrogen-bond donors (Lipinski definition) is 1. The van der Waals surface area contributed by atoms with Crippen LogP contribution in [0.2, 0.25) is 0 Å². The quantitative estimate of drug-likeness (QED) is 0.878. The summed E-state index contributed by atoms with van der Waals surface area (Å²) < 4.78 is 37.3. The summed E-state index contributed by atoms with van der Waals surface area (Å²) in [5.74, 6) is 1.40. The molecular weight excluding hydrogens is 231 g/mol. The molecule has 0 radical (unpaired) electrons. The highest BCUT2D eigenvalue weighted by Gasteiger charge is 2.33. The van der Waals surface area contributed by atoms with Crippen LogP contribution in [0.25, 0.3) is 11.0 Å². The minimum Gasteiger partial charge on any atom is -0.341 e. The molecule has 1 aliphatic rings. The second-order valence-corrected chi connectivity index (χ2v) is 4.42. The van der Waals surface area contributed by atoms with Crippen LogP contribution in [0.4, 0.5) is 13.2 Å². The summed E-state index contributed by atoms with van der Waals surface area (Å²) in [4.78, 5) is 10.6. The van der Waals surface area contributed by atoms with Gasteiger partial charge in [0, 0.05) is 6.42 Å². The Morgan fingerprint density at radius 2 is 2.12 bits per heavy atom. The maximum absolute atomic E-state index is 12.4. The topological polar surface area (TPSA) is 41.6 Å². The van der Waals surface area contributed by atoms with E-state index in [1.165, 1.54) is 19.0 Å². The second-order valence-electron chi connectivity index (χ2n) is 4.42. The third-order valence-corrected chi connectivity index (χ3v) is 2.89. The van der Waals surface area contributed by atoms with E-state index in [9.17, 15) is 13.2 Å². The number of aromatic nitrogens is 3. The van der Waals surface area contributed by atoms with E-state index >= 15 is 0 Å². The first kappa shape index (κ1) is 10.6. The number of nitrogens with zero attached hydrogens (tertiary/aromatic N) is 2. The Hall–Kier alpha value is -1.59. The highest BCUT2D eigenvalue weighted by atomic mass is 19.4. The van der Waals surface area contributed by atoms with E-state index in [0.29, 0.717) is 17.0 Å². The number of pyridine rings is 1. The molecule has 0 unspecified atom stereocenters. The first-order valence-corrected chi connectivity index (χ1v) is 5.44. The van der Waals surface area contributed by atoms with Crippen molar-refractivity contribution in [3.8, 4) is 0 Å². The van der Waals surface area contributed by atoms with E-state index < -0.39 is 11.9 Å². The number of nitrogens with one attached hydrogen (secondary N) is 1. The lowest BCUT2D eigenvalue weighted by Crippen LogP contribution is -2.07. The van der Waals surface area contributed by atoms with Crippen molar-refractivity contribution in [3.05, 3.63) is 23.8 Å². The summed E-state index contributed by atoms with van der Waals surface area (Å²) >= 11 is 0. The zero-order valence-electron chi connectivity index (χ0n) is 8.88. The van der Waals surface area contributed by atoms with Crippen LogP contribution in [-0.2, 0) is 12.6 Å².